The van der Waals surface area contributed by atoms with Crippen LogP contribution < -0.4 is 10.6 Å². The largest absolute Gasteiger partial charge is 0.322 e. The summed E-state index contributed by atoms with van der Waals surface area (Å²) in [5, 5.41) is 5.83. The number of hydrogen-bond donors (Lipinski definition) is 2. The highest BCUT2D eigenvalue weighted by Crippen LogP contribution is 2.10. The fourth-order valence-corrected chi connectivity index (χ4v) is 1.93. The van der Waals surface area contributed by atoms with Gasteiger partial charge in [-0.15, -0.1) is 0 Å². The van der Waals surface area contributed by atoms with Crippen molar-refractivity contribution in [3.63, 3.8) is 0 Å². The van der Waals surface area contributed by atoms with Crippen molar-refractivity contribution in [2.24, 2.45) is 0 Å². The first-order chi connectivity index (χ1) is 8.75. The third-order valence-corrected chi connectivity index (χ3v) is 2.85. The summed E-state index contributed by atoms with van der Waals surface area (Å²) in [6, 6.07) is 1.46. The van der Waals surface area contributed by atoms with Crippen molar-refractivity contribution in [2.75, 3.05) is 38.0 Å². The van der Waals surface area contributed by atoms with Gasteiger partial charge in [0.25, 0.3) is 0 Å². The Morgan fingerprint density at radius 2 is 2.39 bits per heavy atom. The molecule has 1 aromatic heterocycles. The average molecular weight is 252 g/mol. The Balaban J connectivity index is 1.86. The van der Waals surface area contributed by atoms with Gasteiger partial charge in [-0.1, -0.05) is 0 Å². The molecule has 5 nitrogen and oxygen atoms in total. The lowest BCUT2D eigenvalue weighted by Crippen LogP contribution is -2.35. The second kappa shape index (κ2) is 6.42. The van der Waals surface area contributed by atoms with Crippen molar-refractivity contribution < 1.29 is 9.18 Å². The molecule has 1 fully saturated rings. The lowest BCUT2D eigenvalue weighted by molar-refractivity contribution is -0.117. The Morgan fingerprint density at radius 3 is 3.22 bits per heavy atom. The van der Waals surface area contributed by atoms with E-state index in [-0.39, 0.29) is 11.6 Å². The Bertz CT molecular complexity index is 405. The molecule has 0 aliphatic carbocycles. The molecule has 1 aromatic rings. The summed E-state index contributed by atoms with van der Waals surface area (Å²) in [7, 11) is 0. The quantitative estimate of drug-likeness (QED) is 0.820. The van der Waals surface area contributed by atoms with E-state index in [2.05, 4.69) is 20.5 Å². The van der Waals surface area contributed by atoms with Crippen LogP contribution >= 0.6 is 0 Å². The Labute approximate surface area is 105 Å². The summed E-state index contributed by atoms with van der Waals surface area (Å²) in [6.07, 6.45) is 3.57. The van der Waals surface area contributed by atoms with Gasteiger partial charge in [0, 0.05) is 19.3 Å². The molecule has 2 N–H and O–H groups in total. The molecule has 0 unspecified atom stereocenters. The number of nitrogens with one attached hydrogen (secondary N) is 2. The molecule has 1 aliphatic heterocycles. The van der Waals surface area contributed by atoms with Crippen molar-refractivity contribution in [3.8, 4) is 0 Å². The zero-order chi connectivity index (χ0) is 12.8. The lowest BCUT2D eigenvalue weighted by Gasteiger charge is -2.18. The van der Waals surface area contributed by atoms with Crippen molar-refractivity contribution in [3.05, 3.63) is 24.3 Å². The highest BCUT2D eigenvalue weighted by Gasteiger charge is 2.13. The summed E-state index contributed by atoms with van der Waals surface area (Å²) in [5.41, 5.74) is 0.183. The molecule has 0 aromatic carbocycles. The number of rotatable bonds is 3. The number of anilines is 1. The van der Waals surface area contributed by atoms with Gasteiger partial charge in [-0.05, 0) is 25.6 Å². The van der Waals surface area contributed by atoms with E-state index in [1.165, 1.54) is 12.3 Å². The first-order valence-electron chi connectivity index (χ1n) is 6.08. The predicted molar refractivity (Wildman–Crippen MR) is 66.8 cm³/mol. The fraction of sp³-hybridized carbons (Fsp3) is 0.500. The fourth-order valence-electron chi connectivity index (χ4n) is 1.93. The summed E-state index contributed by atoms with van der Waals surface area (Å²) >= 11 is 0. The molecular weight excluding hydrogens is 235 g/mol. The van der Waals surface area contributed by atoms with Gasteiger partial charge in [-0.25, -0.2) is 4.39 Å². The molecule has 0 bridgehead atoms. The van der Waals surface area contributed by atoms with Gasteiger partial charge in [0.2, 0.25) is 5.91 Å². The Hall–Kier alpha value is -1.53. The number of hydrogen-bond acceptors (Lipinski definition) is 4. The van der Waals surface area contributed by atoms with Crippen LogP contribution in [0.2, 0.25) is 0 Å². The van der Waals surface area contributed by atoms with Crippen LogP contribution in [0.3, 0.4) is 0 Å². The molecule has 0 radical (unpaired) electrons. The summed E-state index contributed by atoms with van der Waals surface area (Å²) in [6.45, 7) is 3.89. The number of amides is 1. The van der Waals surface area contributed by atoms with Crippen LogP contribution in [0.1, 0.15) is 6.42 Å². The third kappa shape index (κ3) is 3.75. The Kier molecular flexibility index (Phi) is 4.60. The van der Waals surface area contributed by atoms with Crippen LogP contribution in [0.15, 0.2) is 18.5 Å². The molecule has 1 amide bonds. The molecule has 98 valence electrons. The SMILES string of the molecule is O=C(CN1CCCNCC1)Nc1ccncc1F. The van der Waals surface area contributed by atoms with Crippen LogP contribution in [0.25, 0.3) is 0 Å². The van der Waals surface area contributed by atoms with Crippen molar-refractivity contribution in [2.45, 2.75) is 6.42 Å². The van der Waals surface area contributed by atoms with Crippen LogP contribution in [0.5, 0.6) is 0 Å². The normalized spacial score (nSPS) is 17.2. The minimum atomic E-state index is -0.511. The highest BCUT2D eigenvalue weighted by atomic mass is 19.1. The van der Waals surface area contributed by atoms with Crippen molar-refractivity contribution in [1.82, 2.24) is 15.2 Å². The zero-order valence-corrected chi connectivity index (χ0v) is 10.2. The zero-order valence-electron chi connectivity index (χ0n) is 10.2. The van der Waals surface area contributed by atoms with E-state index in [0.29, 0.717) is 6.54 Å². The van der Waals surface area contributed by atoms with Gasteiger partial charge >= 0.3 is 0 Å². The van der Waals surface area contributed by atoms with E-state index < -0.39 is 5.82 Å². The van der Waals surface area contributed by atoms with Gasteiger partial charge in [0.05, 0.1) is 18.4 Å². The van der Waals surface area contributed by atoms with Gasteiger partial charge in [-0.3, -0.25) is 14.7 Å². The van der Waals surface area contributed by atoms with Crippen molar-refractivity contribution >= 4 is 11.6 Å². The van der Waals surface area contributed by atoms with E-state index in [1.807, 2.05) is 0 Å². The average Bonchev–Trinajstić information content (AvgIpc) is 2.61. The molecule has 0 saturated carbocycles. The standard InChI is InChI=1S/C12H17FN4O/c13-10-8-15-4-2-11(10)16-12(18)9-17-6-1-3-14-5-7-17/h2,4,8,14H,1,3,5-7,9H2,(H,15,16,18). The minimum Gasteiger partial charge on any atom is -0.322 e. The van der Waals surface area contributed by atoms with Gasteiger partial charge in [0.15, 0.2) is 5.82 Å². The van der Waals surface area contributed by atoms with Crippen LogP contribution in [-0.2, 0) is 4.79 Å². The first kappa shape index (κ1) is 12.9. The monoisotopic (exact) mass is 252 g/mol. The molecule has 1 saturated heterocycles. The minimum absolute atomic E-state index is 0.183. The molecular formula is C12H17FN4O. The second-order valence-corrected chi connectivity index (χ2v) is 4.28. The number of pyridine rings is 1. The maximum absolute atomic E-state index is 13.3. The first-order valence-corrected chi connectivity index (χ1v) is 6.08. The van der Waals surface area contributed by atoms with E-state index >= 15 is 0 Å². The molecule has 2 heterocycles. The van der Waals surface area contributed by atoms with E-state index in [9.17, 15) is 9.18 Å². The maximum atomic E-state index is 13.3. The second-order valence-electron chi connectivity index (χ2n) is 4.28. The van der Waals surface area contributed by atoms with Crippen LogP contribution in [0.4, 0.5) is 10.1 Å². The predicted octanol–water partition coefficient (Wildman–Crippen LogP) is 0.455. The molecule has 6 heteroatoms. The molecule has 1 aliphatic rings. The summed E-state index contributed by atoms with van der Waals surface area (Å²) < 4.78 is 13.3. The van der Waals surface area contributed by atoms with Crippen LogP contribution in [0, 0.1) is 5.82 Å². The highest BCUT2D eigenvalue weighted by molar-refractivity contribution is 5.92. The number of nitrogens with zero attached hydrogens (tertiary/aromatic N) is 2. The van der Waals surface area contributed by atoms with E-state index in [4.69, 9.17) is 0 Å². The van der Waals surface area contributed by atoms with Gasteiger partial charge < -0.3 is 10.6 Å². The number of carbonyl (C=O) groups excluding carboxylic acids is 1. The smallest absolute Gasteiger partial charge is 0.238 e. The lowest BCUT2D eigenvalue weighted by atomic mass is 10.3. The van der Waals surface area contributed by atoms with E-state index in [0.717, 1.165) is 38.8 Å². The summed E-state index contributed by atoms with van der Waals surface area (Å²) in [4.78, 5) is 17.5. The molecule has 2 rings (SSSR count). The number of aromatic nitrogens is 1. The molecule has 0 atom stereocenters. The number of halogens is 1. The van der Waals surface area contributed by atoms with Gasteiger partial charge in [0.1, 0.15) is 0 Å². The Morgan fingerprint density at radius 1 is 1.50 bits per heavy atom. The van der Waals surface area contributed by atoms with E-state index in [1.54, 1.807) is 0 Å². The van der Waals surface area contributed by atoms with Gasteiger partial charge in [-0.2, -0.15) is 0 Å². The molecule has 0 spiro atoms. The third-order valence-electron chi connectivity index (χ3n) is 2.85. The molecule has 18 heavy (non-hydrogen) atoms. The van der Waals surface area contributed by atoms with Crippen LogP contribution in [-0.4, -0.2) is 48.5 Å². The summed E-state index contributed by atoms with van der Waals surface area (Å²) in [5.74, 6) is -0.703. The number of carbonyl (C=O) groups is 1. The maximum Gasteiger partial charge on any atom is 0.238 e. The topological polar surface area (TPSA) is 57.3 Å². The van der Waals surface area contributed by atoms with Crippen molar-refractivity contribution in [1.29, 1.82) is 0 Å².